The van der Waals surface area contributed by atoms with Crippen LogP contribution in [0, 0.1) is 5.82 Å². The van der Waals surface area contributed by atoms with Crippen LogP contribution in [0.25, 0.3) is 16.7 Å². The zero-order valence-corrected chi connectivity index (χ0v) is 19.4. The Balaban J connectivity index is 0.00000304. The lowest BCUT2D eigenvalue weighted by atomic mass is 10.0. The van der Waals surface area contributed by atoms with Crippen LogP contribution in [0.15, 0.2) is 102 Å². The van der Waals surface area contributed by atoms with Crippen LogP contribution in [0.5, 0.6) is 5.75 Å². The molecule has 1 unspecified atom stereocenters. The highest BCUT2D eigenvalue weighted by atomic mass is 19.1. The minimum absolute atomic E-state index is 0. The number of para-hydroxylation sites is 2. The summed E-state index contributed by atoms with van der Waals surface area (Å²) in [6.07, 6.45) is 9.09. The van der Waals surface area contributed by atoms with Gasteiger partial charge in [0, 0.05) is 24.4 Å². The van der Waals surface area contributed by atoms with Crippen LogP contribution in [0.1, 0.15) is 39.3 Å². The maximum absolute atomic E-state index is 15.3. The number of aromatic nitrogens is 2. The second-order valence-electron chi connectivity index (χ2n) is 8.38. The Labute approximate surface area is 204 Å². The lowest BCUT2D eigenvalue weighted by Gasteiger charge is -2.23. The molecule has 0 saturated heterocycles. The molecule has 5 nitrogen and oxygen atoms in total. The first kappa shape index (κ1) is 22.6. The van der Waals surface area contributed by atoms with Crippen molar-refractivity contribution < 1.29 is 10.6 Å². The van der Waals surface area contributed by atoms with E-state index in [1.807, 2.05) is 78.2 Å². The summed E-state index contributed by atoms with van der Waals surface area (Å²) in [5, 5.41) is 3.59. The number of nitrogens with zero attached hydrogens (tertiary/aromatic N) is 2. The van der Waals surface area contributed by atoms with Gasteiger partial charge in [-0.3, -0.25) is 9.36 Å². The Morgan fingerprint density at radius 1 is 1.11 bits per heavy atom. The topological polar surface area (TPSA) is 56.1 Å². The third kappa shape index (κ3) is 4.60. The fourth-order valence-corrected chi connectivity index (χ4v) is 4.39. The minimum atomic E-state index is -0.650. The monoisotopic (exact) mass is 469 g/mol. The molecule has 1 aliphatic rings. The number of pyridine rings is 2. The van der Waals surface area contributed by atoms with E-state index in [1.54, 1.807) is 0 Å². The van der Waals surface area contributed by atoms with Crippen molar-refractivity contribution in [3.05, 3.63) is 118 Å². The van der Waals surface area contributed by atoms with Crippen molar-refractivity contribution in [2.45, 2.75) is 32.3 Å². The Bertz CT molecular complexity index is 1470. The summed E-state index contributed by atoms with van der Waals surface area (Å²) in [7, 11) is 0. The summed E-state index contributed by atoms with van der Waals surface area (Å²) in [6.45, 7) is 1.91. The summed E-state index contributed by atoms with van der Waals surface area (Å²) >= 11 is 0. The number of halogens is 1. The van der Waals surface area contributed by atoms with E-state index in [2.05, 4.69) is 22.5 Å². The second-order valence-corrected chi connectivity index (χ2v) is 8.38. The predicted molar refractivity (Wildman–Crippen MR) is 140 cm³/mol. The molecule has 4 aromatic rings. The lowest BCUT2D eigenvalue weighted by molar-refractivity contribution is 0.198. The molecule has 0 saturated carbocycles. The average Bonchev–Trinajstić information content (AvgIpc) is 2.89. The second kappa shape index (κ2) is 9.97. The van der Waals surface area contributed by atoms with Gasteiger partial charge in [-0.15, -0.1) is 0 Å². The van der Waals surface area contributed by atoms with Crippen LogP contribution in [-0.2, 0) is 0 Å². The molecule has 1 N–H and O–H groups in total. The van der Waals surface area contributed by atoms with Crippen LogP contribution in [0.4, 0.5) is 10.2 Å². The van der Waals surface area contributed by atoms with Crippen molar-refractivity contribution in [3.63, 3.8) is 0 Å². The van der Waals surface area contributed by atoms with E-state index in [0.717, 1.165) is 24.2 Å². The van der Waals surface area contributed by atoms with Crippen LogP contribution >= 0.6 is 0 Å². The van der Waals surface area contributed by atoms with Crippen LogP contribution in [-0.4, -0.2) is 9.55 Å². The van der Waals surface area contributed by atoms with Gasteiger partial charge >= 0.3 is 0 Å². The number of fused-ring (bicyclic) bond motifs is 1. The summed E-state index contributed by atoms with van der Waals surface area (Å²) in [5.74, 6) is 0.616. The van der Waals surface area contributed by atoms with Gasteiger partial charge < -0.3 is 10.1 Å². The molecule has 5 rings (SSSR count). The number of benzene rings is 2. The number of ether oxygens (including phenoxy) is 1. The zero-order valence-electron chi connectivity index (χ0n) is 19.4. The highest BCUT2D eigenvalue weighted by molar-refractivity contribution is 5.84. The third-order valence-electron chi connectivity index (χ3n) is 6.01. The summed E-state index contributed by atoms with van der Waals surface area (Å²) < 4.78 is 23.3. The smallest absolute Gasteiger partial charge is 0.193 e. The van der Waals surface area contributed by atoms with E-state index in [-0.39, 0.29) is 17.8 Å². The first-order chi connectivity index (χ1) is 17.2. The number of allylic oxidation sites excluding steroid dienone is 3. The maximum Gasteiger partial charge on any atom is 0.193 e. The molecule has 6 heteroatoms. The standard InChI is InChI=1S/C29H26FN3O2.H2/c1-2-25(35-22-16-10-5-11-17-22)27-23(30)19-31-29-28(27)24(34)18-26(32-20-12-6-3-7-13-20)33(29)21-14-8-4-9-15-21;/h4-6,8-19,25,32H,2-3,7H2,1H3;1H. The molecule has 2 aromatic carbocycles. The SMILES string of the molecule is CCC(Oc1ccccc1)c1c(F)cnc2c1c(=O)cc(NC1=CCCC=C1)n2-c1ccccc1.[HH]. The Morgan fingerprint density at radius 2 is 1.86 bits per heavy atom. The molecule has 0 amide bonds. The Morgan fingerprint density at radius 3 is 2.54 bits per heavy atom. The van der Waals surface area contributed by atoms with Crippen molar-refractivity contribution in [2.24, 2.45) is 0 Å². The first-order valence-corrected chi connectivity index (χ1v) is 11.8. The summed E-state index contributed by atoms with van der Waals surface area (Å²) in [6, 6.07) is 20.4. The molecule has 0 fully saturated rings. The van der Waals surface area contributed by atoms with Crippen molar-refractivity contribution in [1.29, 1.82) is 0 Å². The van der Waals surface area contributed by atoms with E-state index in [0.29, 0.717) is 23.6 Å². The van der Waals surface area contributed by atoms with Crippen molar-refractivity contribution in [2.75, 3.05) is 5.32 Å². The van der Waals surface area contributed by atoms with Crippen LogP contribution < -0.4 is 15.5 Å². The number of hydrogen-bond acceptors (Lipinski definition) is 4. The van der Waals surface area contributed by atoms with Crippen LogP contribution in [0.2, 0.25) is 0 Å². The molecule has 0 radical (unpaired) electrons. The van der Waals surface area contributed by atoms with Crippen molar-refractivity contribution in [3.8, 4) is 11.4 Å². The molecule has 0 bridgehead atoms. The molecule has 2 heterocycles. The molecule has 35 heavy (non-hydrogen) atoms. The molecule has 1 atom stereocenters. The van der Waals surface area contributed by atoms with E-state index < -0.39 is 11.9 Å². The molecule has 0 spiro atoms. The predicted octanol–water partition coefficient (Wildman–Crippen LogP) is 6.95. The molecule has 1 aliphatic carbocycles. The van der Waals surface area contributed by atoms with Gasteiger partial charge in [0.25, 0.3) is 0 Å². The van der Waals surface area contributed by atoms with E-state index in [4.69, 9.17) is 4.74 Å². The van der Waals surface area contributed by atoms with Gasteiger partial charge in [-0.25, -0.2) is 9.37 Å². The van der Waals surface area contributed by atoms with Gasteiger partial charge in [0.05, 0.1) is 11.6 Å². The molecular formula is C29H28FN3O2. The van der Waals surface area contributed by atoms with Gasteiger partial charge in [0.1, 0.15) is 23.5 Å². The minimum Gasteiger partial charge on any atom is -0.486 e. The number of rotatable bonds is 7. The number of anilines is 1. The Kier molecular flexibility index (Phi) is 6.44. The maximum atomic E-state index is 15.3. The van der Waals surface area contributed by atoms with E-state index in [9.17, 15) is 4.79 Å². The number of hydrogen-bond donors (Lipinski definition) is 1. The van der Waals surface area contributed by atoms with E-state index >= 15 is 4.39 Å². The average molecular weight is 470 g/mol. The van der Waals surface area contributed by atoms with Crippen molar-refractivity contribution >= 4 is 16.9 Å². The normalized spacial score (nSPS) is 13.9. The fourth-order valence-electron chi connectivity index (χ4n) is 4.39. The quantitative estimate of drug-likeness (QED) is 0.318. The molecular weight excluding hydrogens is 441 g/mol. The fraction of sp³-hybridized carbons (Fsp3) is 0.172. The highest BCUT2D eigenvalue weighted by Gasteiger charge is 2.25. The molecule has 178 valence electrons. The van der Waals surface area contributed by atoms with Gasteiger partial charge in [0.2, 0.25) is 0 Å². The first-order valence-electron chi connectivity index (χ1n) is 11.8. The largest absolute Gasteiger partial charge is 0.486 e. The Hall–Kier alpha value is -4.19. The number of nitrogens with one attached hydrogen (secondary N) is 1. The van der Waals surface area contributed by atoms with Crippen molar-refractivity contribution in [1.82, 2.24) is 9.55 Å². The van der Waals surface area contributed by atoms with Gasteiger partial charge in [-0.2, -0.15) is 0 Å². The van der Waals surface area contributed by atoms with Gasteiger partial charge in [-0.05, 0) is 49.6 Å². The lowest BCUT2D eigenvalue weighted by Crippen LogP contribution is -2.19. The van der Waals surface area contributed by atoms with Gasteiger partial charge in [-0.1, -0.05) is 55.5 Å². The summed E-state index contributed by atoms with van der Waals surface area (Å²) in [5.41, 5.74) is 1.99. The zero-order chi connectivity index (χ0) is 24.2. The molecule has 2 aromatic heterocycles. The summed E-state index contributed by atoms with van der Waals surface area (Å²) in [4.78, 5) is 17.9. The molecule has 0 aliphatic heterocycles. The van der Waals surface area contributed by atoms with E-state index in [1.165, 1.54) is 12.3 Å². The third-order valence-corrected chi connectivity index (χ3v) is 6.01. The van der Waals surface area contributed by atoms with Crippen LogP contribution in [0.3, 0.4) is 0 Å². The van der Waals surface area contributed by atoms with Gasteiger partial charge in [0.15, 0.2) is 11.1 Å². The highest BCUT2D eigenvalue weighted by Crippen LogP contribution is 2.32.